The number of amides is 1. The zero-order valence-electron chi connectivity index (χ0n) is 16.2. The van der Waals surface area contributed by atoms with Crippen LogP contribution in [0.1, 0.15) is 35.5 Å². The molecule has 0 bridgehead atoms. The van der Waals surface area contributed by atoms with Gasteiger partial charge in [-0.25, -0.2) is 0 Å². The number of halogens is 1. The van der Waals surface area contributed by atoms with E-state index in [9.17, 15) is 4.79 Å². The van der Waals surface area contributed by atoms with Crippen molar-refractivity contribution in [3.8, 4) is 0 Å². The predicted molar refractivity (Wildman–Crippen MR) is 120 cm³/mol. The molecule has 1 aromatic carbocycles. The highest BCUT2D eigenvalue weighted by Gasteiger charge is 2.11. The third-order valence-corrected chi connectivity index (χ3v) is 4.18. The van der Waals surface area contributed by atoms with Crippen LogP contribution in [0.15, 0.2) is 52.1 Å². The molecule has 0 radical (unpaired) electrons. The molecule has 0 spiro atoms. The molecule has 6 nitrogen and oxygen atoms in total. The number of rotatable bonds is 8. The quantitative estimate of drug-likeness (QED) is 0.343. The Labute approximate surface area is 178 Å². The second-order valence-corrected chi connectivity index (χ2v) is 5.86. The van der Waals surface area contributed by atoms with Gasteiger partial charge in [-0.2, -0.15) is 0 Å². The molecule has 148 valence electrons. The molecule has 1 aromatic heterocycles. The fourth-order valence-electron chi connectivity index (χ4n) is 2.62. The van der Waals surface area contributed by atoms with Crippen LogP contribution in [0.3, 0.4) is 0 Å². The van der Waals surface area contributed by atoms with Crippen molar-refractivity contribution < 1.29 is 9.21 Å². The molecule has 2 rings (SSSR count). The minimum Gasteiger partial charge on any atom is -0.469 e. The Morgan fingerprint density at radius 3 is 2.37 bits per heavy atom. The summed E-state index contributed by atoms with van der Waals surface area (Å²) in [5.74, 6) is 1.76. The first-order valence-electron chi connectivity index (χ1n) is 9.03. The summed E-state index contributed by atoms with van der Waals surface area (Å²) in [6, 6.07) is 11.5. The molecule has 1 heterocycles. The minimum absolute atomic E-state index is 0. The van der Waals surface area contributed by atoms with E-state index < -0.39 is 0 Å². The molecule has 2 N–H and O–H groups in total. The minimum atomic E-state index is 0. The lowest BCUT2D eigenvalue weighted by Gasteiger charge is -2.18. The number of hydrogen-bond donors (Lipinski definition) is 2. The van der Waals surface area contributed by atoms with Gasteiger partial charge in [0.05, 0.1) is 6.26 Å². The predicted octanol–water partition coefficient (Wildman–Crippen LogP) is 3.29. The lowest BCUT2D eigenvalue weighted by atomic mass is 10.1. The van der Waals surface area contributed by atoms with Crippen LogP contribution in [0.5, 0.6) is 0 Å². The van der Waals surface area contributed by atoms with Crippen molar-refractivity contribution >= 4 is 35.8 Å². The normalized spacial score (nSPS) is 10.9. The van der Waals surface area contributed by atoms with Crippen LogP contribution in [0.2, 0.25) is 0 Å². The van der Waals surface area contributed by atoms with E-state index in [1.807, 2.05) is 55.1 Å². The number of aliphatic imine (C=N–C) groups is 1. The highest BCUT2D eigenvalue weighted by Crippen LogP contribution is 2.08. The van der Waals surface area contributed by atoms with Crippen molar-refractivity contribution in [1.29, 1.82) is 0 Å². The largest absolute Gasteiger partial charge is 0.469 e. The van der Waals surface area contributed by atoms with Gasteiger partial charge in [-0.3, -0.25) is 9.79 Å². The van der Waals surface area contributed by atoms with Crippen LogP contribution in [0, 0.1) is 0 Å². The molecule has 0 aliphatic carbocycles. The molecule has 0 unspecified atom stereocenters. The molecular weight excluding hydrogens is 455 g/mol. The van der Waals surface area contributed by atoms with Gasteiger partial charge in [0.15, 0.2) is 5.96 Å². The number of carbonyl (C=O) groups excluding carboxylic acids is 1. The summed E-state index contributed by atoms with van der Waals surface area (Å²) in [4.78, 5) is 18.4. The molecule has 2 aromatic rings. The van der Waals surface area contributed by atoms with Gasteiger partial charge in [-0.05, 0) is 43.7 Å². The van der Waals surface area contributed by atoms with Gasteiger partial charge < -0.3 is 20.0 Å². The monoisotopic (exact) mass is 484 g/mol. The first-order chi connectivity index (χ1) is 12.7. The third-order valence-electron chi connectivity index (χ3n) is 4.18. The van der Waals surface area contributed by atoms with Gasteiger partial charge >= 0.3 is 0 Å². The van der Waals surface area contributed by atoms with Crippen molar-refractivity contribution in [2.45, 2.75) is 26.8 Å². The van der Waals surface area contributed by atoms with E-state index in [2.05, 4.69) is 15.6 Å². The van der Waals surface area contributed by atoms with E-state index in [0.717, 1.165) is 48.9 Å². The van der Waals surface area contributed by atoms with E-state index in [-0.39, 0.29) is 29.9 Å². The summed E-state index contributed by atoms with van der Waals surface area (Å²) in [6.45, 7) is 6.80. The Morgan fingerprint density at radius 1 is 1.11 bits per heavy atom. The maximum absolute atomic E-state index is 12.3. The topological polar surface area (TPSA) is 69.9 Å². The number of furan rings is 1. The molecule has 7 heteroatoms. The molecule has 0 saturated carbocycles. The first-order valence-corrected chi connectivity index (χ1v) is 9.03. The zero-order valence-corrected chi connectivity index (χ0v) is 18.5. The van der Waals surface area contributed by atoms with Crippen LogP contribution in [-0.2, 0) is 13.0 Å². The summed E-state index contributed by atoms with van der Waals surface area (Å²) >= 11 is 0. The van der Waals surface area contributed by atoms with Crippen molar-refractivity contribution in [1.82, 2.24) is 15.5 Å². The highest BCUT2D eigenvalue weighted by atomic mass is 127. The number of benzene rings is 1. The van der Waals surface area contributed by atoms with Gasteiger partial charge in [0.1, 0.15) is 5.76 Å². The lowest BCUT2D eigenvalue weighted by Crippen LogP contribution is -2.37. The first kappa shape index (κ1) is 23.0. The number of guanidine groups is 1. The average molecular weight is 484 g/mol. The standard InChI is InChI=1S/C20H28N4O2.HI/c1-4-24(5-2)19(25)17-10-8-16(9-11-17)15-23-20(21-3)22-13-12-18-7-6-14-26-18;/h6-11,14H,4-5,12-13,15H2,1-3H3,(H2,21,22,23);1H. The average Bonchev–Trinajstić information content (AvgIpc) is 3.19. The van der Waals surface area contributed by atoms with Crippen LogP contribution >= 0.6 is 24.0 Å². The van der Waals surface area contributed by atoms with Gasteiger partial charge in [0.2, 0.25) is 0 Å². The summed E-state index contributed by atoms with van der Waals surface area (Å²) in [5, 5.41) is 6.53. The maximum Gasteiger partial charge on any atom is 0.253 e. The van der Waals surface area contributed by atoms with Crippen molar-refractivity contribution in [2.24, 2.45) is 4.99 Å². The van der Waals surface area contributed by atoms with Crippen molar-refractivity contribution in [3.05, 3.63) is 59.5 Å². The number of nitrogens with one attached hydrogen (secondary N) is 2. The third kappa shape index (κ3) is 7.24. The summed E-state index contributed by atoms with van der Waals surface area (Å²) < 4.78 is 5.31. The molecular formula is C20H29IN4O2. The van der Waals surface area contributed by atoms with Crippen LogP contribution < -0.4 is 10.6 Å². The molecule has 0 saturated heterocycles. The van der Waals surface area contributed by atoms with E-state index in [0.29, 0.717) is 6.54 Å². The maximum atomic E-state index is 12.3. The molecule has 0 atom stereocenters. The van der Waals surface area contributed by atoms with Gasteiger partial charge in [0, 0.05) is 45.2 Å². The van der Waals surface area contributed by atoms with E-state index in [1.54, 1.807) is 13.3 Å². The molecule has 0 fully saturated rings. The van der Waals surface area contributed by atoms with Crippen molar-refractivity contribution in [3.63, 3.8) is 0 Å². The van der Waals surface area contributed by atoms with Gasteiger partial charge in [0.25, 0.3) is 5.91 Å². The van der Waals surface area contributed by atoms with Crippen LogP contribution in [0.25, 0.3) is 0 Å². The lowest BCUT2D eigenvalue weighted by molar-refractivity contribution is 0.0773. The summed E-state index contributed by atoms with van der Waals surface area (Å²) in [7, 11) is 1.74. The number of nitrogens with zero attached hydrogens (tertiary/aromatic N) is 2. The zero-order chi connectivity index (χ0) is 18.8. The second-order valence-electron chi connectivity index (χ2n) is 5.86. The Hall–Kier alpha value is -2.03. The fraction of sp³-hybridized carbons (Fsp3) is 0.400. The number of carbonyl (C=O) groups is 1. The summed E-state index contributed by atoms with van der Waals surface area (Å²) in [5.41, 5.74) is 1.81. The van der Waals surface area contributed by atoms with E-state index in [4.69, 9.17) is 4.42 Å². The van der Waals surface area contributed by atoms with E-state index in [1.165, 1.54) is 0 Å². The van der Waals surface area contributed by atoms with E-state index >= 15 is 0 Å². The second kappa shape index (κ2) is 12.4. The van der Waals surface area contributed by atoms with Gasteiger partial charge in [-0.15, -0.1) is 24.0 Å². The summed E-state index contributed by atoms with van der Waals surface area (Å²) in [6.07, 6.45) is 2.48. The number of hydrogen-bond acceptors (Lipinski definition) is 3. The van der Waals surface area contributed by atoms with Gasteiger partial charge in [-0.1, -0.05) is 12.1 Å². The van der Waals surface area contributed by atoms with Crippen LogP contribution in [0.4, 0.5) is 0 Å². The molecule has 0 aliphatic rings. The molecule has 1 amide bonds. The Bertz CT molecular complexity index is 695. The Balaban J connectivity index is 0.00000364. The smallest absolute Gasteiger partial charge is 0.253 e. The Kier molecular flexibility index (Phi) is 10.5. The van der Waals surface area contributed by atoms with Crippen molar-refractivity contribution in [2.75, 3.05) is 26.7 Å². The highest BCUT2D eigenvalue weighted by molar-refractivity contribution is 14.0. The molecule has 27 heavy (non-hydrogen) atoms. The Morgan fingerprint density at radius 2 is 1.81 bits per heavy atom. The molecule has 0 aliphatic heterocycles. The SMILES string of the molecule is CCN(CC)C(=O)c1ccc(CNC(=NC)NCCc2ccco2)cc1.I. The fourth-order valence-corrected chi connectivity index (χ4v) is 2.62. The van der Waals surface area contributed by atoms with Crippen LogP contribution in [-0.4, -0.2) is 43.4 Å².